The monoisotopic (exact) mass is 334 g/mol. The quantitative estimate of drug-likeness (QED) is 0.934. The summed E-state index contributed by atoms with van der Waals surface area (Å²) < 4.78 is 5.42. The predicted molar refractivity (Wildman–Crippen MR) is 87.4 cm³/mol. The number of amides is 2. The fraction of sp³-hybridized carbons (Fsp3) is 0.438. The van der Waals surface area contributed by atoms with Crippen LogP contribution in [-0.4, -0.2) is 40.7 Å². The minimum atomic E-state index is -0.0354. The molecule has 0 saturated carbocycles. The largest absolute Gasteiger partial charge is 0.339 e. The van der Waals surface area contributed by atoms with Crippen molar-refractivity contribution in [2.24, 2.45) is 0 Å². The maximum Gasteiger partial charge on any atom is 0.317 e. The van der Waals surface area contributed by atoms with E-state index in [0.29, 0.717) is 29.8 Å². The van der Waals surface area contributed by atoms with Gasteiger partial charge < -0.3 is 14.7 Å². The number of halogens is 1. The molecule has 0 bridgehead atoms. The lowest BCUT2D eigenvalue weighted by molar-refractivity contribution is 0.172. The smallest absolute Gasteiger partial charge is 0.317 e. The number of piperidine rings is 1. The number of hydrogen-bond donors (Lipinski definition) is 1. The third-order valence-corrected chi connectivity index (χ3v) is 4.15. The molecule has 0 aliphatic carbocycles. The van der Waals surface area contributed by atoms with Crippen molar-refractivity contribution in [2.75, 3.05) is 19.6 Å². The summed E-state index contributed by atoms with van der Waals surface area (Å²) in [4.78, 5) is 18.3. The van der Waals surface area contributed by atoms with Gasteiger partial charge in [0.2, 0.25) is 11.7 Å². The highest BCUT2D eigenvalue weighted by atomic mass is 35.5. The Balaban J connectivity index is 1.73. The molecule has 122 valence electrons. The highest BCUT2D eigenvalue weighted by Gasteiger charge is 2.28. The Hall–Kier alpha value is -2.08. The molecule has 1 aliphatic heterocycles. The Kier molecular flexibility index (Phi) is 4.81. The first-order valence-electron chi connectivity index (χ1n) is 7.79. The van der Waals surface area contributed by atoms with Gasteiger partial charge in [-0.05, 0) is 31.9 Å². The van der Waals surface area contributed by atoms with E-state index in [1.807, 2.05) is 19.1 Å². The number of carbonyl (C=O) groups excluding carboxylic acids is 1. The van der Waals surface area contributed by atoms with Crippen LogP contribution in [0.4, 0.5) is 4.79 Å². The van der Waals surface area contributed by atoms with E-state index in [2.05, 4.69) is 15.5 Å². The van der Waals surface area contributed by atoms with E-state index in [1.54, 1.807) is 17.0 Å². The summed E-state index contributed by atoms with van der Waals surface area (Å²) in [6.07, 6.45) is 1.86. The fourth-order valence-electron chi connectivity index (χ4n) is 2.77. The standard InChI is InChI=1S/C16H19ClN4O2/c1-2-18-16(22)21-8-4-6-12(10-21)15-19-14(20-23-15)11-5-3-7-13(17)9-11/h3,5,7,9,12H,2,4,6,8,10H2,1H3,(H,18,22). The number of likely N-dealkylation sites (tertiary alicyclic amines) is 1. The van der Waals surface area contributed by atoms with Crippen molar-refractivity contribution in [2.45, 2.75) is 25.7 Å². The average Bonchev–Trinajstić information content (AvgIpc) is 3.05. The van der Waals surface area contributed by atoms with Crippen LogP contribution in [-0.2, 0) is 0 Å². The highest BCUT2D eigenvalue weighted by molar-refractivity contribution is 6.30. The third-order valence-electron chi connectivity index (χ3n) is 3.91. The maximum atomic E-state index is 12.0. The molecule has 3 rings (SSSR count). The van der Waals surface area contributed by atoms with E-state index >= 15 is 0 Å². The van der Waals surface area contributed by atoms with Crippen molar-refractivity contribution in [1.82, 2.24) is 20.4 Å². The molecular weight excluding hydrogens is 316 g/mol. The van der Waals surface area contributed by atoms with Crippen LogP contribution in [0, 0.1) is 0 Å². The lowest BCUT2D eigenvalue weighted by atomic mass is 9.98. The van der Waals surface area contributed by atoms with Crippen LogP contribution in [0.25, 0.3) is 11.4 Å². The molecule has 1 saturated heterocycles. The highest BCUT2D eigenvalue weighted by Crippen LogP contribution is 2.28. The number of benzene rings is 1. The number of nitrogens with one attached hydrogen (secondary N) is 1. The van der Waals surface area contributed by atoms with Crippen molar-refractivity contribution in [3.05, 3.63) is 35.2 Å². The Morgan fingerprint density at radius 2 is 2.39 bits per heavy atom. The summed E-state index contributed by atoms with van der Waals surface area (Å²) >= 11 is 6.00. The third kappa shape index (κ3) is 3.64. The molecular formula is C16H19ClN4O2. The van der Waals surface area contributed by atoms with Crippen LogP contribution in [0.15, 0.2) is 28.8 Å². The molecule has 1 unspecified atom stereocenters. The molecule has 0 spiro atoms. The van der Waals surface area contributed by atoms with Crippen molar-refractivity contribution >= 4 is 17.6 Å². The van der Waals surface area contributed by atoms with E-state index < -0.39 is 0 Å². The number of hydrogen-bond acceptors (Lipinski definition) is 4. The van der Waals surface area contributed by atoms with Crippen LogP contribution < -0.4 is 5.32 Å². The lowest BCUT2D eigenvalue weighted by Gasteiger charge is -2.30. The lowest BCUT2D eigenvalue weighted by Crippen LogP contribution is -2.44. The van der Waals surface area contributed by atoms with Crippen LogP contribution in [0.3, 0.4) is 0 Å². The van der Waals surface area contributed by atoms with Gasteiger partial charge in [-0.2, -0.15) is 4.98 Å². The molecule has 1 aromatic heterocycles. The van der Waals surface area contributed by atoms with Gasteiger partial charge in [0.1, 0.15) is 0 Å². The van der Waals surface area contributed by atoms with Crippen molar-refractivity contribution in [3.8, 4) is 11.4 Å². The van der Waals surface area contributed by atoms with Gasteiger partial charge in [-0.1, -0.05) is 28.9 Å². The van der Waals surface area contributed by atoms with E-state index in [4.69, 9.17) is 16.1 Å². The van der Waals surface area contributed by atoms with Crippen molar-refractivity contribution < 1.29 is 9.32 Å². The van der Waals surface area contributed by atoms with Crippen LogP contribution >= 0.6 is 11.6 Å². The zero-order valence-corrected chi connectivity index (χ0v) is 13.7. The molecule has 6 nitrogen and oxygen atoms in total. The minimum absolute atomic E-state index is 0.0354. The van der Waals surface area contributed by atoms with Gasteiger partial charge >= 0.3 is 6.03 Å². The molecule has 2 amide bonds. The number of carbonyl (C=O) groups is 1. The normalized spacial score (nSPS) is 18.0. The molecule has 23 heavy (non-hydrogen) atoms. The Bertz CT molecular complexity index is 688. The molecule has 1 N–H and O–H groups in total. The van der Waals surface area contributed by atoms with E-state index in [9.17, 15) is 4.79 Å². The van der Waals surface area contributed by atoms with Crippen LogP contribution in [0.1, 0.15) is 31.6 Å². The van der Waals surface area contributed by atoms with E-state index in [0.717, 1.165) is 24.9 Å². The Labute approximate surface area is 139 Å². The van der Waals surface area contributed by atoms with Crippen LogP contribution in [0.2, 0.25) is 5.02 Å². The number of nitrogens with zero attached hydrogens (tertiary/aromatic N) is 3. The van der Waals surface area contributed by atoms with Crippen LogP contribution in [0.5, 0.6) is 0 Å². The van der Waals surface area contributed by atoms with Gasteiger partial charge in [-0.3, -0.25) is 0 Å². The average molecular weight is 335 g/mol. The number of aromatic nitrogens is 2. The minimum Gasteiger partial charge on any atom is -0.339 e. The summed E-state index contributed by atoms with van der Waals surface area (Å²) in [5.74, 6) is 1.18. The summed E-state index contributed by atoms with van der Waals surface area (Å²) in [6.45, 7) is 3.90. The van der Waals surface area contributed by atoms with E-state index in [1.165, 1.54) is 0 Å². The molecule has 1 aliphatic rings. The Morgan fingerprint density at radius 1 is 1.52 bits per heavy atom. The molecule has 1 aromatic carbocycles. The van der Waals surface area contributed by atoms with Gasteiger partial charge in [0.25, 0.3) is 0 Å². The molecule has 2 heterocycles. The number of urea groups is 1. The van der Waals surface area contributed by atoms with E-state index in [-0.39, 0.29) is 11.9 Å². The number of rotatable bonds is 3. The first-order valence-corrected chi connectivity index (χ1v) is 8.17. The van der Waals surface area contributed by atoms with Gasteiger partial charge in [0, 0.05) is 30.2 Å². The van der Waals surface area contributed by atoms with Gasteiger partial charge in [0.05, 0.1) is 5.92 Å². The van der Waals surface area contributed by atoms with Crippen molar-refractivity contribution in [3.63, 3.8) is 0 Å². The zero-order chi connectivity index (χ0) is 16.2. The topological polar surface area (TPSA) is 71.3 Å². The Morgan fingerprint density at radius 3 is 3.17 bits per heavy atom. The predicted octanol–water partition coefficient (Wildman–Crippen LogP) is 3.30. The second kappa shape index (κ2) is 7.00. The maximum absolute atomic E-state index is 12.0. The SMILES string of the molecule is CCNC(=O)N1CCCC(c2nc(-c3cccc(Cl)c3)no2)C1. The summed E-state index contributed by atoms with van der Waals surface area (Å²) in [7, 11) is 0. The van der Waals surface area contributed by atoms with Gasteiger partial charge in [-0.15, -0.1) is 0 Å². The van der Waals surface area contributed by atoms with Gasteiger partial charge in [0.15, 0.2) is 0 Å². The molecule has 0 radical (unpaired) electrons. The zero-order valence-electron chi connectivity index (χ0n) is 13.0. The molecule has 1 atom stereocenters. The molecule has 7 heteroatoms. The second-order valence-electron chi connectivity index (χ2n) is 5.59. The molecule has 1 fully saturated rings. The second-order valence-corrected chi connectivity index (χ2v) is 6.02. The fourth-order valence-corrected chi connectivity index (χ4v) is 2.96. The first-order chi connectivity index (χ1) is 11.2. The summed E-state index contributed by atoms with van der Waals surface area (Å²) in [5, 5.41) is 7.51. The first kappa shape index (κ1) is 15.8. The summed E-state index contributed by atoms with van der Waals surface area (Å²) in [6, 6.07) is 7.31. The van der Waals surface area contributed by atoms with Gasteiger partial charge in [-0.25, -0.2) is 4.79 Å². The molecule has 2 aromatic rings. The summed E-state index contributed by atoms with van der Waals surface area (Å²) in [5.41, 5.74) is 0.823. The van der Waals surface area contributed by atoms with Crippen molar-refractivity contribution in [1.29, 1.82) is 0 Å².